The summed E-state index contributed by atoms with van der Waals surface area (Å²) in [5.74, 6) is -0.352. The molecule has 0 saturated carbocycles. The van der Waals surface area contributed by atoms with E-state index in [0.717, 1.165) is 0 Å². The number of furan rings is 1. The molecule has 1 atom stereocenters. The van der Waals surface area contributed by atoms with Gasteiger partial charge in [-0.3, -0.25) is 4.90 Å². The molecule has 0 aliphatic carbocycles. The molecule has 22 heavy (non-hydrogen) atoms. The fourth-order valence-electron chi connectivity index (χ4n) is 1.98. The van der Waals surface area contributed by atoms with Crippen LogP contribution in [-0.4, -0.2) is 34.0 Å². The first kappa shape index (κ1) is 17.0. The maximum absolute atomic E-state index is 13.9. The van der Waals surface area contributed by atoms with Gasteiger partial charge in [-0.2, -0.15) is 0 Å². The van der Waals surface area contributed by atoms with Crippen LogP contribution in [0.1, 0.15) is 11.8 Å². The molecule has 2 rings (SSSR count). The van der Waals surface area contributed by atoms with Crippen molar-refractivity contribution in [2.24, 2.45) is 0 Å². The summed E-state index contributed by atoms with van der Waals surface area (Å²) in [6.45, 7) is 0.0365. The van der Waals surface area contributed by atoms with Gasteiger partial charge in [0.1, 0.15) is 10.7 Å². The summed E-state index contributed by atoms with van der Waals surface area (Å²) in [6, 6.07) is 7.00. The monoisotopic (exact) mass is 346 g/mol. The Kier molecular flexibility index (Phi) is 5.23. The lowest BCUT2D eigenvalue weighted by atomic mass is 10.2. The first-order chi connectivity index (χ1) is 10.3. The van der Waals surface area contributed by atoms with Crippen molar-refractivity contribution in [3.05, 3.63) is 53.2 Å². The van der Waals surface area contributed by atoms with Crippen molar-refractivity contribution in [1.82, 2.24) is 9.62 Å². The number of likely N-dealkylation sites (N-methyl/N-ethyl adjacent to an activating group) is 1. The Balaban J connectivity index is 2.20. The van der Waals surface area contributed by atoms with Crippen molar-refractivity contribution in [2.45, 2.75) is 10.9 Å². The number of benzene rings is 1. The van der Waals surface area contributed by atoms with Crippen LogP contribution >= 0.6 is 11.6 Å². The normalized spacial score (nSPS) is 13.5. The van der Waals surface area contributed by atoms with Gasteiger partial charge in [0.15, 0.2) is 5.82 Å². The third-order valence-corrected chi connectivity index (χ3v) is 4.90. The molecule has 8 heteroatoms. The number of sulfonamides is 1. The molecule has 0 unspecified atom stereocenters. The minimum Gasteiger partial charge on any atom is -0.468 e. The van der Waals surface area contributed by atoms with E-state index in [4.69, 9.17) is 16.0 Å². The Labute approximate surface area is 133 Å². The quantitative estimate of drug-likeness (QED) is 0.873. The van der Waals surface area contributed by atoms with E-state index in [1.165, 1.54) is 24.5 Å². The highest BCUT2D eigenvalue weighted by atomic mass is 35.5. The first-order valence-corrected chi connectivity index (χ1v) is 8.32. The van der Waals surface area contributed by atoms with E-state index >= 15 is 0 Å². The van der Waals surface area contributed by atoms with Gasteiger partial charge in [0.2, 0.25) is 10.0 Å². The molecule has 0 spiro atoms. The number of nitrogens with zero attached hydrogens (tertiary/aromatic N) is 1. The van der Waals surface area contributed by atoms with Crippen molar-refractivity contribution in [1.29, 1.82) is 0 Å². The van der Waals surface area contributed by atoms with Crippen LogP contribution in [0, 0.1) is 5.82 Å². The lowest BCUT2D eigenvalue weighted by Gasteiger charge is -2.22. The van der Waals surface area contributed by atoms with Gasteiger partial charge in [-0.25, -0.2) is 17.5 Å². The van der Waals surface area contributed by atoms with E-state index < -0.39 is 20.7 Å². The molecule has 0 saturated heterocycles. The van der Waals surface area contributed by atoms with Crippen LogP contribution in [0.5, 0.6) is 0 Å². The summed E-state index contributed by atoms with van der Waals surface area (Å²) < 4.78 is 46.0. The molecular formula is C14H16ClFN2O3S. The SMILES string of the molecule is CN(C)[C@@H](CNS(=O)(=O)c1cccc(Cl)c1F)c1ccco1. The maximum atomic E-state index is 13.9. The van der Waals surface area contributed by atoms with Gasteiger partial charge in [-0.05, 0) is 38.4 Å². The zero-order chi connectivity index (χ0) is 16.3. The number of halogens is 2. The van der Waals surface area contributed by atoms with Gasteiger partial charge in [-0.1, -0.05) is 17.7 Å². The molecule has 2 aromatic rings. The van der Waals surface area contributed by atoms with Crippen LogP contribution in [0.25, 0.3) is 0 Å². The van der Waals surface area contributed by atoms with Crippen molar-refractivity contribution in [3.63, 3.8) is 0 Å². The van der Waals surface area contributed by atoms with Crippen LogP contribution in [-0.2, 0) is 10.0 Å². The van der Waals surface area contributed by atoms with E-state index in [9.17, 15) is 12.8 Å². The fourth-order valence-corrected chi connectivity index (χ4v) is 3.34. The third kappa shape index (κ3) is 3.67. The van der Waals surface area contributed by atoms with Gasteiger partial charge in [0, 0.05) is 6.54 Å². The Morgan fingerprint density at radius 1 is 1.32 bits per heavy atom. The second kappa shape index (κ2) is 6.78. The van der Waals surface area contributed by atoms with Crippen molar-refractivity contribution < 1.29 is 17.2 Å². The molecule has 0 bridgehead atoms. The molecule has 1 heterocycles. The summed E-state index contributed by atoms with van der Waals surface area (Å²) in [6.07, 6.45) is 1.51. The fraction of sp³-hybridized carbons (Fsp3) is 0.286. The Hall–Kier alpha value is -1.41. The van der Waals surface area contributed by atoms with Gasteiger partial charge >= 0.3 is 0 Å². The Bertz CT molecular complexity index is 733. The van der Waals surface area contributed by atoms with E-state index in [1.807, 2.05) is 0 Å². The highest BCUT2D eigenvalue weighted by Gasteiger charge is 2.24. The summed E-state index contributed by atoms with van der Waals surface area (Å²) in [4.78, 5) is 1.33. The number of hydrogen-bond acceptors (Lipinski definition) is 4. The highest BCUT2D eigenvalue weighted by Crippen LogP contribution is 2.23. The molecule has 0 aliphatic rings. The summed E-state index contributed by atoms with van der Waals surface area (Å²) in [5, 5.41) is -0.238. The van der Waals surface area contributed by atoms with Crippen LogP contribution in [0.15, 0.2) is 45.9 Å². The van der Waals surface area contributed by atoms with E-state index in [0.29, 0.717) is 5.76 Å². The molecular weight excluding hydrogens is 331 g/mol. The van der Waals surface area contributed by atoms with E-state index in [2.05, 4.69) is 4.72 Å². The molecule has 1 aromatic carbocycles. The second-order valence-electron chi connectivity index (χ2n) is 4.90. The smallest absolute Gasteiger partial charge is 0.243 e. The van der Waals surface area contributed by atoms with Crippen molar-refractivity contribution in [2.75, 3.05) is 20.6 Å². The molecule has 0 fully saturated rings. The number of hydrogen-bond donors (Lipinski definition) is 1. The lowest BCUT2D eigenvalue weighted by Crippen LogP contribution is -2.34. The van der Waals surface area contributed by atoms with Gasteiger partial charge in [0.25, 0.3) is 0 Å². The van der Waals surface area contributed by atoms with Gasteiger partial charge in [-0.15, -0.1) is 0 Å². The predicted octanol–water partition coefficient (Wildman–Crippen LogP) is 2.65. The summed E-state index contributed by atoms with van der Waals surface area (Å²) >= 11 is 5.62. The van der Waals surface area contributed by atoms with Gasteiger partial charge < -0.3 is 4.42 Å². The predicted molar refractivity (Wildman–Crippen MR) is 81.7 cm³/mol. The third-order valence-electron chi connectivity index (χ3n) is 3.17. The topological polar surface area (TPSA) is 62.6 Å². The summed E-state index contributed by atoms with van der Waals surface area (Å²) in [7, 11) is -0.425. The average molecular weight is 347 g/mol. The number of nitrogens with one attached hydrogen (secondary N) is 1. The molecule has 0 amide bonds. The molecule has 0 radical (unpaired) electrons. The minimum atomic E-state index is -4.01. The highest BCUT2D eigenvalue weighted by molar-refractivity contribution is 7.89. The Morgan fingerprint density at radius 2 is 2.05 bits per heavy atom. The lowest BCUT2D eigenvalue weighted by molar-refractivity contribution is 0.259. The number of rotatable bonds is 6. The maximum Gasteiger partial charge on any atom is 0.243 e. The molecule has 0 aliphatic heterocycles. The first-order valence-electron chi connectivity index (χ1n) is 6.46. The van der Waals surface area contributed by atoms with E-state index in [1.54, 1.807) is 31.1 Å². The second-order valence-corrected chi connectivity index (χ2v) is 7.04. The molecule has 5 nitrogen and oxygen atoms in total. The summed E-state index contributed by atoms with van der Waals surface area (Å²) in [5.41, 5.74) is 0. The molecule has 1 aromatic heterocycles. The van der Waals surface area contributed by atoms with Gasteiger partial charge in [0.05, 0.1) is 17.3 Å². The largest absolute Gasteiger partial charge is 0.468 e. The van der Waals surface area contributed by atoms with Crippen molar-refractivity contribution >= 4 is 21.6 Å². The zero-order valence-corrected chi connectivity index (χ0v) is 13.7. The van der Waals surface area contributed by atoms with Crippen LogP contribution in [0.2, 0.25) is 5.02 Å². The average Bonchev–Trinajstić information content (AvgIpc) is 2.95. The minimum absolute atomic E-state index is 0.0365. The molecule has 120 valence electrons. The van der Waals surface area contributed by atoms with Crippen molar-refractivity contribution in [3.8, 4) is 0 Å². The van der Waals surface area contributed by atoms with Crippen LogP contribution in [0.4, 0.5) is 4.39 Å². The molecule has 1 N–H and O–H groups in total. The Morgan fingerprint density at radius 3 is 2.64 bits per heavy atom. The standard InChI is InChI=1S/C14H16ClFN2O3S/c1-18(2)11(12-6-4-8-21-12)9-17-22(19,20)13-7-3-5-10(15)14(13)16/h3-8,11,17H,9H2,1-2H3/t11-/m0/s1. The van der Waals surface area contributed by atoms with E-state index in [-0.39, 0.29) is 17.6 Å². The zero-order valence-electron chi connectivity index (χ0n) is 12.1. The van der Waals surface area contributed by atoms with Crippen LogP contribution < -0.4 is 4.72 Å². The van der Waals surface area contributed by atoms with Crippen LogP contribution in [0.3, 0.4) is 0 Å².